The Bertz CT molecular complexity index is 695. The van der Waals surface area contributed by atoms with Gasteiger partial charge in [-0.1, -0.05) is 25.0 Å². The molecule has 0 unspecified atom stereocenters. The standard InChI is InChI=1S/C21H32F2N4O2.HI/c1-4-24-20(26-15-21(10-5-6-11-21)19(28)27(2)3)25-13-16-8-7-9-17(12-16)29-14-18(22)23;/h7-9,12,18H,4-6,10-11,13-15H2,1-3H3,(H2,24,25,26);1H. The van der Waals surface area contributed by atoms with Crippen LogP contribution in [0.5, 0.6) is 5.75 Å². The van der Waals surface area contributed by atoms with Crippen LogP contribution in [-0.4, -0.2) is 57.0 Å². The minimum atomic E-state index is -2.51. The van der Waals surface area contributed by atoms with Gasteiger partial charge in [0.15, 0.2) is 5.96 Å². The minimum Gasteiger partial charge on any atom is -0.488 e. The fraction of sp³-hybridized carbons (Fsp3) is 0.619. The predicted molar refractivity (Wildman–Crippen MR) is 126 cm³/mol. The zero-order valence-electron chi connectivity index (χ0n) is 17.9. The highest BCUT2D eigenvalue weighted by atomic mass is 127. The third-order valence-corrected chi connectivity index (χ3v) is 5.05. The topological polar surface area (TPSA) is 66.0 Å². The van der Waals surface area contributed by atoms with Crippen LogP contribution in [0.3, 0.4) is 0 Å². The Morgan fingerprint density at radius 1 is 1.27 bits per heavy atom. The van der Waals surface area contributed by atoms with E-state index in [1.54, 1.807) is 37.2 Å². The molecule has 1 saturated carbocycles. The van der Waals surface area contributed by atoms with E-state index in [2.05, 4.69) is 15.6 Å². The molecule has 1 aliphatic rings. The molecule has 1 aliphatic carbocycles. The van der Waals surface area contributed by atoms with Crippen LogP contribution in [0.15, 0.2) is 29.3 Å². The van der Waals surface area contributed by atoms with Crippen molar-refractivity contribution in [1.29, 1.82) is 0 Å². The van der Waals surface area contributed by atoms with Crippen molar-refractivity contribution in [3.63, 3.8) is 0 Å². The summed E-state index contributed by atoms with van der Waals surface area (Å²) in [5.41, 5.74) is 0.469. The van der Waals surface area contributed by atoms with Crippen molar-refractivity contribution in [1.82, 2.24) is 15.5 Å². The summed E-state index contributed by atoms with van der Waals surface area (Å²) >= 11 is 0. The van der Waals surface area contributed by atoms with E-state index >= 15 is 0 Å². The molecule has 1 fully saturated rings. The monoisotopic (exact) mass is 538 g/mol. The van der Waals surface area contributed by atoms with Gasteiger partial charge in [0.1, 0.15) is 12.4 Å². The van der Waals surface area contributed by atoms with Gasteiger partial charge in [-0.15, -0.1) is 24.0 Å². The van der Waals surface area contributed by atoms with Crippen LogP contribution in [0.1, 0.15) is 38.2 Å². The third kappa shape index (κ3) is 7.88. The summed E-state index contributed by atoms with van der Waals surface area (Å²) in [6.07, 6.45) is 1.36. The molecule has 0 atom stereocenters. The number of ether oxygens (including phenoxy) is 1. The number of hydrogen-bond acceptors (Lipinski definition) is 3. The number of rotatable bonds is 9. The van der Waals surface area contributed by atoms with Crippen LogP contribution in [0.25, 0.3) is 0 Å². The van der Waals surface area contributed by atoms with Gasteiger partial charge >= 0.3 is 0 Å². The van der Waals surface area contributed by atoms with Gasteiger partial charge in [0, 0.05) is 27.2 Å². The number of halogens is 3. The molecule has 1 amide bonds. The van der Waals surface area contributed by atoms with Crippen molar-refractivity contribution >= 4 is 35.8 Å². The lowest BCUT2D eigenvalue weighted by atomic mass is 9.84. The van der Waals surface area contributed by atoms with Crippen LogP contribution in [-0.2, 0) is 11.3 Å². The van der Waals surface area contributed by atoms with Crippen LogP contribution >= 0.6 is 24.0 Å². The molecule has 6 nitrogen and oxygen atoms in total. The molecule has 0 saturated heterocycles. The smallest absolute Gasteiger partial charge is 0.272 e. The van der Waals surface area contributed by atoms with Gasteiger partial charge in [-0.2, -0.15) is 0 Å². The molecule has 0 aromatic heterocycles. The number of alkyl halides is 2. The Balaban J connectivity index is 0.00000450. The highest BCUT2D eigenvalue weighted by Gasteiger charge is 2.42. The Kier molecular flexibility index (Phi) is 11.4. The predicted octanol–water partition coefficient (Wildman–Crippen LogP) is 3.65. The Morgan fingerprint density at radius 2 is 1.97 bits per heavy atom. The van der Waals surface area contributed by atoms with Gasteiger partial charge in [-0.25, -0.2) is 13.8 Å². The molecular formula is C21H33F2IN4O2. The number of hydrogen-bond donors (Lipinski definition) is 2. The summed E-state index contributed by atoms with van der Waals surface area (Å²) in [7, 11) is 3.59. The molecule has 2 N–H and O–H groups in total. The molecule has 0 spiro atoms. The number of benzene rings is 1. The maximum Gasteiger partial charge on any atom is 0.272 e. The fourth-order valence-electron chi connectivity index (χ4n) is 3.65. The largest absolute Gasteiger partial charge is 0.488 e. The summed E-state index contributed by atoms with van der Waals surface area (Å²) in [5, 5.41) is 6.53. The zero-order chi connectivity index (χ0) is 21.3. The summed E-state index contributed by atoms with van der Waals surface area (Å²) in [4.78, 5) is 19.0. The molecule has 0 bridgehead atoms. The average Bonchev–Trinajstić information content (AvgIpc) is 3.18. The maximum atomic E-state index is 12.7. The number of guanidine groups is 1. The highest BCUT2D eigenvalue weighted by Crippen LogP contribution is 2.38. The lowest BCUT2D eigenvalue weighted by Crippen LogP contribution is -2.49. The molecule has 170 valence electrons. The lowest BCUT2D eigenvalue weighted by molar-refractivity contribution is -0.138. The molecule has 9 heteroatoms. The van der Waals surface area contributed by atoms with E-state index in [4.69, 9.17) is 4.74 Å². The van der Waals surface area contributed by atoms with Crippen LogP contribution < -0.4 is 15.4 Å². The van der Waals surface area contributed by atoms with Crippen LogP contribution in [0, 0.1) is 5.41 Å². The molecule has 0 aliphatic heterocycles. The zero-order valence-corrected chi connectivity index (χ0v) is 20.2. The lowest BCUT2D eigenvalue weighted by Gasteiger charge is -2.31. The summed E-state index contributed by atoms with van der Waals surface area (Å²) < 4.78 is 29.7. The van der Waals surface area contributed by atoms with Gasteiger partial charge in [0.05, 0.1) is 12.0 Å². The summed E-state index contributed by atoms with van der Waals surface area (Å²) in [5.74, 6) is 1.18. The van der Waals surface area contributed by atoms with E-state index in [0.717, 1.165) is 31.2 Å². The molecule has 1 aromatic carbocycles. The molecular weight excluding hydrogens is 505 g/mol. The summed E-state index contributed by atoms with van der Waals surface area (Å²) in [6, 6.07) is 6.99. The quantitative estimate of drug-likeness (QED) is 0.286. The first-order valence-electron chi connectivity index (χ1n) is 10.1. The minimum absolute atomic E-state index is 0. The fourth-order valence-corrected chi connectivity index (χ4v) is 3.65. The highest BCUT2D eigenvalue weighted by molar-refractivity contribution is 14.0. The number of nitrogens with zero attached hydrogens (tertiary/aromatic N) is 2. The van der Waals surface area contributed by atoms with E-state index in [9.17, 15) is 13.6 Å². The van der Waals surface area contributed by atoms with Crippen molar-refractivity contribution < 1.29 is 18.3 Å². The number of carbonyl (C=O) groups is 1. The van der Waals surface area contributed by atoms with E-state index in [-0.39, 0.29) is 35.3 Å². The van der Waals surface area contributed by atoms with Crippen LogP contribution in [0.2, 0.25) is 0 Å². The van der Waals surface area contributed by atoms with E-state index < -0.39 is 13.0 Å². The Hall–Kier alpha value is -1.65. The van der Waals surface area contributed by atoms with E-state index in [1.165, 1.54) is 0 Å². The van der Waals surface area contributed by atoms with Gasteiger partial charge in [0.2, 0.25) is 5.91 Å². The first-order chi connectivity index (χ1) is 13.9. The molecule has 30 heavy (non-hydrogen) atoms. The summed E-state index contributed by atoms with van der Waals surface area (Å²) in [6.45, 7) is 2.95. The van der Waals surface area contributed by atoms with Gasteiger partial charge in [0.25, 0.3) is 6.43 Å². The van der Waals surface area contributed by atoms with Crippen molar-refractivity contribution in [3.8, 4) is 5.75 Å². The average molecular weight is 538 g/mol. The first-order valence-corrected chi connectivity index (χ1v) is 10.1. The SMILES string of the molecule is CCNC(=NCc1cccc(OCC(F)F)c1)NCC1(C(=O)N(C)C)CCCC1.I. The van der Waals surface area contributed by atoms with E-state index in [0.29, 0.717) is 31.3 Å². The van der Waals surface area contributed by atoms with Crippen LogP contribution in [0.4, 0.5) is 8.78 Å². The van der Waals surface area contributed by atoms with Crippen molar-refractivity contribution in [2.75, 3.05) is 33.8 Å². The van der Waals surface area contributed by atoms with Gasteiger partial charge in [-0.05, 0) is 37.5 Å². The van der Waals surface area contributed by atoms with Crippen molar-refractivity contribution in [2.24, 2.45) is 10.4 Å². The second-order valence-corrected chi connectivity index (χ2v) is 7.59. The Morgan fingerprint density at radius 3 is 2.57 bits per heavy atom. The number of carbonyl (C=O) groups excluding carboxylic acids is 1. The molecule has 1 aromatic rings. The normalized spacial score (nSPS) is 15.5. The molecule has 0 radical (unpaired) electrons. The molecule has 0 heterocycles. The van der Waals surface area contributed by atoms with E-state index in [1.807, 2.05) is 13.0 Å². The first kappa shape index (κ1) is 26.4. The number of nitrogens with one attached hydrogen (secondary N) is 2. The van der Waals surface area contributed by atoms with Crippen molar-refractivity contribution in [2.45, 2.75) is 45.6 Å². The second kappa shape index (κ2) is 12.9. The Labute approximate surface area is 194 Å². The second-order valence-electron chi connectivity index (χ2n) is 7.59. The van der Waals surface area contributed by atoms with Crippen molar-refractivity contribution in [3.05, 3.63) is 29.8 Å². The third-order valence-electron chi connectivity index (χ3n) is 5.05. The number of amides is 1. The number of aliphatic imine (C=N–C) groups is 1. The van der Waals surface area contributed by atoms with Gasteiger partial charge < -0.3 is 20.3 Å². The molecule has 2 rings (SSSR count). The van der Waals surface area contributed by atoms with Gasteiger partial charge in [-0.3, -0.25) is 4.79 Å². The maximum absolute atomic E-state index is 12.7.